The Labute approximate surface area is 165 Å². The smallest absolute Gasteiger partial charge is 0.264 e. The summed E-state index contributed by atoms with van der Waals surface area (Å²) in [6.45, 7) is 3.04. The number of nitrogens with one attached hydrogen (secondary N) is 1. The van der Waals surface area contributed by atoms with Crippen molar-refractivity contribution in [1.82, 2.24) is 9.79 Å². The van der Waals surface area contributed by atoms with Gasteiger partial charge in [-0.2, -0.15) is 0 Å². The molecular formula is C19H24N2O6S. The van der Waals surface area contributed by atoms with Gasteiger partial charge in [-0.15, -0.1) is 0 Å². The lowest BCUT2D eigenvalue weighted by molar-refractivity contribution is -0.0258. The number of hydrogen-bond acceptors (Lipinski definition) is 6. The van der Waals surface area contributed by atoms with Gasteiger partial charge in [0, 0.05) is 12.6 Å². The van der Waals surface area contributed by atoms with E-state index in [9.17, 15) is 13.2 Å². The second-order valence-electron chi connectivity index (χ2n) is 5.63. The molecule has 0 spiro atoms. The van der Waals surface area contributed by atoms with Gasteiger partial charge >= 0.3 is 0 Å². The molecule has 1 N–H and O–H groups in total. The molecular weight excluding hydrogens is 384 g/mol. The summed E-state index contributed by atoms with van der Waals surface area (Å²) in [6.07, 6.45) is 0. The van der Waals surface area contributed by atoms with Crippen LogP contribution in [0.4, 0.5) is 0 Å². The Balaban J connectivity index is 1.89. The van der Waals surface area contributed by atoms with Crippen molar-refractivity contribution >= 4 is 15.9 Å². The zero-order valence-corrected chi connectivity index (χ0v) is 16.9. The molecule has 0 saturated heterocycles. The van der Waals surface area contributed by atoms with E-state index in [4.69, 9.17) is 14.3 Å². The maximum absolute atomic E-state index is 12.3. The van der Waals surface area contributed by atoms with E-state index in [0.29, 0.717) is 12.4 Å². The van der Waals surface area contributed by atoms with Gasteiger partial charge in [-0.3, -0.25) is 9.63 Å². The molecule has 0 aromatic heterocycles. The summed E-state index contributed by atoms with van der Waals surface area (Å²) < 4.78 is 36.2. The molecule has 28 heavy (non-hydrogen) atoms. The van der Waals surface area contributed by atoms with E-state index in [-0.39, 0.29) is 23.6 Å². The molecule has 0 aliphatic heterocycles. The SMILES string of the molecule is CCOc1ccc(OCCNC(=O)c2cccc(S(=O)(=O)N(C)OC)c2)cc1. The van der Waals surface area contributed by atoms with Gasteiger partial charge in [0.05, 0.1) is 25.2 Å². The molecule has 8 nitrogen and oxygen atoms in total. The van der Waals surface area contributed by atoms with Gasteiger partial charge in [0.15, 0.2) is 0 Å². The van der Waals surface area contributed by atoms with Gasteiger partial charge in [-0.05, 0) is 49.4 Å². The van der Waals surface area contributed by atoms with Crippen LogP contribution in [0.3, 0.4) is 0 Å². The van der Waals surface area contributed by atoms with E-state index in [1.807, 2.05) is 6.92 Å². The van der Waals surface area contributed by atoms with Crippen molar-refractivity contribution in [3.05, 3.63) is 54.1 Å². The lowest BCUT2D eigenvalue weighted by Gasteiger charge is -2.14. The van der Waals surface area contributed by atoms with Gasteiger partial charge in [0.25, 0.3) is 15.9 Å². The fourth-order valence-electron chi connectivity index (χ4n) is 2.28. The average molecular weight is 408 g/mol. The van der Waals surface area contributed by atoms with Gasteiger partial charge in [0.2, 0.25) is 0 Å². The monoisotopic (exact) mass is 408 g/mol. The molecule has 2 aromatic rings. The highest BCUT2D eigenvalue weighted by Crippen LogP contribution is 2.18. The first-order valence-electron chi connectivity index (χ1n) is 8.65. The van der Waals surface area contributed by atoms with E-state index in [0.717, 1.165) is 10.2 Å². The number of sulfonamides is 1. The Hall–Kier alpha value is -2.62. The first-order chi connectivity index (χ1) is 13.4. The highest BCUT2D eigenvalue weighted by atomic mass is 32.2. The number of amides is 1. The molecule has 9 heteroatoms. The summed E-state index contributed by atoms with van der Waals surface area (Å²) in [6, 6.07) is 12.9. The van der Waals surface area contributed by atoms with Crippen molar-refractivity contribution in [1.29, 1.82) is 0 Å². The molecule has 0 fully saturated rings. The zero-order chi connectivity index (χ0) is 20.6. The predicted molar refractivity (Wildman–Crippen MR) is 104 cm³/mol. The first-order valence-corrected chi connectivity index (χ1v) is 10.1. The molecule has 0 aliphatic carbocycles. The van der Waals surface area contributed by atoms with Crippen molar-refractivity contribution in [2.75, 3.05) is 33.9 Å². The van der Waals surface area contributed by atoms with Crippen LogP contribution in [0.5, 0.6) is 11.5 Å². The van der Waals surface area contributed by atoms with E-state index in [1.165, 1.54) is 38.4 Å². The number of rotatable bonds is 10. The second kappa shape index (κ2) is 10.1. The standard InChI is InChI=1S/C19H24N2O6S/c1-4-26-16-8-10-17(11-9-16)27-13-12-20-19(22)15-6-5-7-18(14-15)28(23,24)21(2)25-3/h5-11,14H,4,12-13H2,1-3H3,(H,20,22). The maximum Gasteiger partial charge on any atom is 0.264 e. The fraction of sp³-hybridized carbons (Fsp3) is 0.316. The number of benzene rings is 2. The van der Waals surface area contributed by atoms with Crippen LogP contribution < -0.4 is 14.8 Å². The third kappa shape index (κ3) is 5.69. The fourth-order valence-corrected chi connectivity index (χ4v) is 3.30. The van der Waals surface area contributed by atoms with Crippen molar-refractivity contribution in [3.63, 3.8) is 0 Å². The van der Waals surface area contributed by atoms with E-state index < -0.39 is 15.9 Å². The second-order valence-corrected chi connectivity index (χ2v) is 7.57. The lowest BCUT2D eigenvalue weighted by atomic mass is 10.2. The van der Waals surface area contributed by atoms with Crippen LogP contribution in [0.15, 0.2) is 53.4 Å². The van der Waals surface area contributed by atoms with Gasteiger partial charge in [-0.1, -0.05) is 10.5 Å². The third-order valence-electron chi connectivity index (χ3n) is 3.78. The van der Waals surface area contributed by atoms with Gasteiger partial charge in [-0.25, -0.2) is 8.42 Å². The van der Waals surface area contributed by atoms with Crippen molar-refractivity contribution in [3.8, 4) is 11.5 Å². The highest BCUT2D eigenvalue weighted by Gasteiger charge is 2.21. The summed E-state index contributed by atoms with van der Waals surface area (Å²) in [4.78, 5) is 17.0. The zero-order valence-electron chi connectivity index (χ0n) is 16.0. The molecule has 0 heterocycles. The molecule has 0 saturated carbocycles. The van der Waals surface area contributed by atoms with Gasteiger partial charge in [0.1, 0.15) is 18.1 Å². The largest absolute Gasteiger partial charge is 0.494 e. The Morgan fingerprint density at radius 1 is 1.07 bits per heavy atom. The maximum atomic E-state index is 12.3. The van der Waals surface area contributed by atoms with E-state index in [2.05, 4.69) is 5.32 Å². The average Bonchev–Trinajstić information content (AvgIpc) is 2.71. The molecule has 2 rings (SSSR count). The summed E-state index contributed by atoms with van der Waals surface area (Å²) in [5, 5.41) is 2.69. The van der Waals surface area contributed by atoms with E-state index >= 15 is 0 Å². The summed E-state index contributed by atoms with van der Waals surface area (Å²) >= 11 is 0. The minimum absolute atomic E-state index is 0.0323. The Morgan fingerprint density at radius 3 is 2.32 bits per heavy atom. The first kappa shape index (κ1) is 21.7. The number of ether oxygens (including phenoxy) is 2. The predicted octanol–water partition coefficient (Wildman–Crippen LogP) is 2.08. The quantitative estimate of drug-likeness (QED) is 0.478. The molecule has 0 aliphatic rings. The Bertz CT molecular complexity index is 884. The third-order valence-corrected chi connectivity index (χ3v) is 5.46. The van der Waals surface area contributed by atoms with Crippen LogP contribution in [0.1, 0.15) is 17.3 Å². The number of carbonyl (C=O) groups excluding carboxylic acids is 1. The molecule has 0 unspecified atom stereocenters. The van der Waals surface area contributed by atoms with Crippen LogP contribution in [0.25, 0.3) is 0 Å². The van der Waals surface area contributed by atoms with Crippen molar-refractivity contribution < 1.29 is 27.5 Å². The molecule has 0 radical (unpaired) electrons. The molecule has 1 amide bonds. The molecule has 2 aromatic carbocycles. The molecule has 0 bridgehead atoms. The molecule has 0 atom stereocenters. The highest BCUT2D eigenvalue weighted by molar-refractivity contribution is 7.89. The molecule has 152 valence electrons. The normalized spacial score (nSPS) is 11.3. The van der Waals surface area contributed by atoms with Crippen LogP contribution in [0, 0.1) is 0 Å². The minimum Gasteiger partial charge on any atom is -0.494 e. The topological polar surface area (TPSA) is 94.2 Å². The van der Waals surface area contributed by atoms with E-state index in [1.54, 1.807) is 24.3 Å². The summed E-state index contributed by atoms with van der Waals surface area (Å²) in [7, 11) is -1.29. The van der Waals surface area contributed by atoms with Crippen molar-refractivity contribution in [2.45, 2.75) is 11.8 Å². The van der Waals surface area contributed by atoms with Crippen LogP contribution in [0.2, 0.25) is 0 Å². The van der Waals surface area contributed by atoms with Crippen LogP contribution >= 0.6 is 0 Å². The van der Waals surface area contributed by atoms with Crippen LogP contribution in [-0.4, -0.2) is 52.7 Å². The lowest BCUT2D eigenvalue weighted by Crippen LogP contribution is -2.29. The number of carbonyl (C=O) groups is 1. The number of nitrogens with zero attached hydrogens (tertiary/aromatic N) is 1. The summed E-state index contributed by atoms with van der Waals surface area (Å²) in [5.74, 6) is 1.03. The minimum atomic E-state index is -3.82. The van der Waals surface area contributed by atoms with Crippen LogP contribution in [-0.2, 0) is 14.9 Å². The number of hydrogen-bond donors (Lipinski definition) is 1. The Morgan fingerprint density at radius 2 is 1.71 bits per heavy atom. The number of hydroxylamine groups is 1. The van der Waals surface area contributed by atoms with Crippen molar-refractivity contribution in [2.24, 2.45) is 0 Å². The van der Waals surface area contributed by atoms with Gasteiger partial charge < -0.3 is 14.8 Å². The Kier molecular flexibility index (Phi) is 7.80. The summed E-state index contributed by atoms with van der Waals surface area (Å²) in [5.41, 5.74) is 0.228.